The highest BCUT2D eigenvalue weighted by Crippen LogP contribution is 2.24. The zero-order chi connectivity index (χ0) is 18.1. The Morgan fingerprint density at radius 2 is 1.76 bits per heavy atom. The Bertz CT molecular complexity index is 670. The molecule has 1 amide bonds. The van der Waals surface area contributed by atoms with Gasteiger partial charge in [0, 0.05) is 17.0 Å². The first-order valence-corrected chi connectivity index (χ1v) is 9.80. The number of anilines is 1. The van der Waals surface area contributed by atoms with Gasteiger partial charge in [-0.05, 0) is 55.7 Å². The number of rotatable bonds is 9. The fourth-order valence-electron chi connectivity index (χ4n) is 2.46. The van der Waals surface area contributed by atoms with Crippen LogP contribution < -0.4 is 10.1 Å². The second kappa shape index (κ2) is 10.1. The summed E-state index contributed by atoms with van der Waals surface area (Å²) in [6.45, 7) is 7.75. The van der Waals surface area contributed by atoms with Gasteiger partial charge in [0.25, 0.3) is 5.91 Å². The maximum Gasteiger partial charge on any atom is 0.255 e. The van der Waals surface area contributed by atoms with Crippen LogP contribution >= 0.6 is 11.8 Å². The Balaban J connectivity index is 2.00. The van der Waals surface area contributed by atoms with Gasteiger partial charge >= 0.3 is 0 Å². The molecule has 0 radical (unpaired) electrons. The lowest BCUT2D eigenvalue weighted by molar-refractivity contribution is 0.102. The molecule has 1 N–H and O–H groups in total. The van der Waals surface area contributed by atoms with E-state index >= 15 is 0 Å². The van der Waals surface area contributed by atoms with Crippen LogP contribution in [0.25, 0.3) is 0 Å². The number of benzene rings is 2. The minimum atomic E-state index is -0.132. The van der Waals surface area contributed by atoms with Crippen molar-refractivity contribution < 1.29 is 9.53 Å². The van der Waals surface area contributed by atoms with Gasteiger partial charge in [-0.15, -0.1) is 11.8 Å². The molecule has 0 aromatic heterocycles. The number of para-hydroxylation sites is 2. The van der Waals surface area contributed by atoms with Crippen molar-refractivity contribution in [1.29, 1.82) is 0 Å². The van der Waals surface area contributed by atoms with Crippen molar-refractivity contribution in [2.24, 2.45) is 0 Å². The molecule has 0 unspecified atom stereocenters. The third kappa shape index (κ3) is 5.80. The summed E-state index contributed by atoms with van der Waals surface area (Å²) in [5.74, 6) is 0.566. The largest absolute Gasteiger partial charge is 0.490 e. The lowest BCUT2D eigenvalue weighted by atomic mass is 10.2. The maximum atomic E-state index is 12.5. The van der Waals surface area contributed by atoms with Crippen molar-refractivity contribution in [3.8, 4) is 5.75 Å². The van der Waals surface area contributed by atoms with Crippen molar-refractivity contribution in [2.75, 3.05) is 37.8 Å². The zero-order valence-corrected chi connectivity index (χ0v) is 15.9. The molecule has 0 aliphatic carbocycles. The number of amides is 1. The molecular weight excluding hydrogens is 332 g/mol. The Hall–Kier alpha value is -1.98. The second-order valence-electron chi connectivity index (χ2n) is 5.55. The van der Waals surface area contributed by atoms with E-state index < -0.39 is 0 Å². The summed E-state index contributed by atoms with van der Waals surface area (Å²) in [5, 5.41) is 2.95. The van der Waals surface area contributed by atoms with Crippen LogP contribution in [0.15, 0.2) is 53.4 Å². The van der Waals surface area contributed by atoms with Gasteiger partial charge < -0.3 is 15.0 Å². The van der Waals surface area contributed by atoms with Crippen LogP contribution in [0.4, 0.5) is 5.69 Å². The van der Waals surface area contributed by atoms with Gasteiger partial charge in [0.05, 0.1) is 5.69 Å². The molecule has 25 heavy (non-hydrogen) atoms. The molecule has 2 aromatic carbocycles. The molecule has 2 aromatic rings. The highest BCUT2D eigenvalue weighted by atomic mass is 32.2. The average Bonchev–Trinajstić information content (AvgIpc) is 2.66. The predicted octanol–water partition coefficient (Wildman–Crippen LogP) is 4.38. The van der Waals surface area contributed by atoms with E-state index in [0.29, 0.717) is 23.6 Å². The number of nitrogens with one attached hydrogen (secondary N) is 1. The third-order valence-corrected chi connectivity index (χ3v) is 4.79. The molecule has 5 heteroatoms. The Morgan fingerprint density at radius 1 is 1.08 bits per heavy atom. The van der Waals surface area contributed by atoms with Crippen LogP contribution in [-0.4, -0.2) is 43.3 Å². The van der Waals surface area contributed by atoms with Crippen LogP contribution in [0.2, 0.25) is 0 Å². The van der Waals surface area contributed by atoms with E-state index in [9.17, 15) is 4.79 Å². The monoisotopic (exact) mass is 358 g/mol. The van der Waals surface area contributed by atoms with Crippen molar-refractivity contribution in [3.05, 3.63) is 54.1 Å². The van der Waals surface area contributed by atoms with E-state index in [-0.39, 0.29) is 5.91 Å². The first kappa shape index (κ1) is 19.3. The van der Waals surface area contributed by atoms with Crippen molar-refractivity contribution >= 4 is 23.4 Å². The SMILES string of the molecule is CCN(CC)CCOc1ccccc1NC(=O)c1ccc(SC)cc1. The molecule has 0 heterocycles. The fourth-order valence-corrected chi connectivity index (χ4v) is 2.87. The second-order valence-corrected chi connectivity index (χ2v) is 6.43. The van der Waals surface area contributed by atoms with Crippen LogP contribution in [0, 0.1) is 0 Å². The predicted molar refractivity (Wildman–Crippen MR) is 106 cm³/mol. The number of likely N-dealkylation sites (N-methyl/N-ethyl adjacent to an activating group) is 1. The number of ether oxygens (including phenoxy) is 1. The van der Waals surface area contributed by atoms with Crippen LogP contribution in [0.1, 0.15) is 24.2 Å². The van der Waals surface area contributed by atoms with Gasteiger partial charge in [0.2, 0.25) is 0 Å². The lowest BCUT2D eigenvalue weighted by Crippen LogP contribution is -2.28. The third-order valence-electron chi connectivity index (χ3n) is 4.05. The molecule has 4 nitrogen and oxygen atoms in total. The topological polar surface area (TPSA) is 41.6 Å². The van der Waals surface area contributed by atoms with Crippen molar-refractivity contribution in [1.82, 2.24) is 4.90 Å². The molecule has 0 spiro atoms. The smallest absolute Gasteiger partial charge is 0.255 e. The molecule has 2 rings (SSSR count). The first-order chi connectivity index (χ1) is 12.2. The van der Waals surface area contributed by atoms with E-state index in [1.165, 1.54) is 0 Å². The minimum Gasteiger partial charge on any atom is -0.490 e. The highest BCUT2D eigenvalue weighted by Gasteiger charge is 2.10. The first-order valence-electron chi connectivity index (χ1n) is 8.57. The number of carbonyl (C=O) groups excluding carboxylic acids is 1. The molecular formula is C20H26N2O2S. The Kier molecular flexibility index (Phi) is 7.82. The summed E-state index contributed by atoms with van der Waals surface area (Å²) in [6.07, 6.45) is 2.01. The summed E-state index contributed by atoms with van der Waals surface area (Å²) >= 11 is 1.65. The highest BCUT2D eigenvalue weighted by molar-refractivity contribution is 7.98. The molecule has 0 fully saturated rings. The molecule has 0 saturated carbocycles. The van der Waals surface area contributed by atoms with E-state index in [1.54, 1.807) is 11.8 Å². The summed E-state index contributed by atoms with van der Waals surface area (Å²) in [5.41, 5.74) is 1.33. The normalized spacial score (nSPS) is 10.7. The standard InChI is InChI=1S/C20H26N2O2S/c1-4-22(5-2)14-15-24-19-9-7-6-8-18(19)21-20(23)16-10-12-17(25-3)13-11-16/h6-13H,4-5,14-15H2,1-3H3,(H,21,23). The molecule has 0 saturated heterocycles. The fraction of sp³-hybridized carbons (Fsp3) is 0.350. The number of nitrogens with zero attached hydrogens (tertiary/aromatic N) is 1. The zero-order valence-electron chi connectivity index (χ0n) is 15.1. The summed E-state index contributed by atoms with van der Waals surface area (Å²) < 4.78 is 5.88. The summed E-state index contributed by atoms with van der Waals surface area (Å²) in [4.78, 5) is 15.9. The molecule has 0 bridgehead atoms. The molecule has 0 aliphatic heterocycles. The Labute approximate surface area is 154 Å². The van der Waals surface area contributed by atoms with E-state index in [4.69, 9.17) is 4.74 Å². The number of thioether (sulfide) groups is 1. The number of carbonyl (C=O) groups is 1. The van der Waals surface area contributed by atoms with Gasteiger partial charge in [-0.1, -0.05) is 26.0 Å². The van der Waals surface area contributed by atoms with E-state index in [0.717, 1.165) is 24.5 Å². The lowest BCUT2D eigenvalue weighted by Gasteiger charge is -2.19. The minimum absolute atomic E-state index is 0.132. The summed E-state index contributed by atoms with van der Waals surface area (Å²) in [6, 6.07) is 15.1. The van der Waals surface area contributed by atoms with Crippen molar-refractivity contribution in [3.63, 3.8) is 0 Å². The van der Waals surface area contributed by atoms with Crippen LogP contribution in [-0.2, 0) is 0 Å². The van der Waals surface area contributed by atoms with Gasteiger partial charge in [0.15, 0.2) is 0 Å². The average molecular weight is 359 g/mol. The number of hydrogen-bond donors (Lipinski definition) is 1. The van der Waals surface area contributed by atoms with E-state index in [2.05, 4.69) is 24.1 Å². The van der Waals surface area contributed by atoms with Gasteiger partial charge in [0.1, 0.15) is 12.4 Å². The molecule has 0 aliphatic rings. The quantitative estimate of drug-likeness (QED) is 0.676. The molecule has 134 valence electrons. The van der Waals surface area contributed by atoms with Crippen LogP contribution in [0.5, 0.6) is 5.75 Å². The Morgan fingerprint density at radius 3 is 2.40 bits per heavy atom. The van der Waals surface area contributed by atoms with Crippen LogP contribution in [0.3, 0.4) is 0 Å². The van der Waals surface area contributed by atoms with Gasteiger partial charge in [-0.2, -0.15) is 0 Å². The van der Waals surface area contributed by atoms with E-state index in [1.807, 2.05) is 54.8 Å². The van der Waals surface area contributed by atoms with Crippen molar-refractivity contribution in [2.45, 2.75) is 18.7 Å². The van der Waals surface area contributed by atoms with Gasteiger partial charge in [-0.3, -0.25) is 4.79 Å². The number of hydrogen-bond acceptors (Lipinski definition) is 4. The molecule has 0 atom stereocenters. The summed E-state index contributed by atoms with van der Waals surface area (Å²) in [7, 11) is 0. The van der Waals surface area contributed by atoms with Gasteiger partial charge in [-0.25, -0.2) is 0 Å². The maximum absolute atomic E-state index is 12.5.